The van der Waals surface area contributed by atoms with Crippen LogP contribution in [0.5, 0.6) is 5.75 Å². The van der Waals surface area contributed by atoms with Gasteiger partial charge in [0, 0.05) is 11.2 Å². The number of ether oxygens (including phenoxy) is 1. The highest BCUT2D eigenvalue weighted by atomic mass is 35.5. The molecular weight excluding hydrogens is 395 g/mol. The zero-order chi connectivity index (χ0) is 20.5. The van der Waals surface area contributed by atoms with Crippen LogP contribution in [0.3, 0.4) is 0 Å². The number of anilines is 1. The fourth-order valence-electron chi connectivity index (χ4n) is 2.89. The van der Waals surface area contributed by atoms with Crippen LogP contribution in [0.2, 0.25) is 5.02 Å². The molecule has 0 fully saturated rings. The molecule has 28 heavy (non-hydrogen) atoms. The Morgan fingerprint density at radius 2 is 2.04 bits per heavy atom. The molecule has 0 radical (unpaired) electrons. The second-order valence-electron chi connectivity index (χ2n) is 5.90. The molecule has 0 unspecified atom stereocenters. The first-order valence-corrected chi connectivity index (χ1v) is 8.94. The van der Waals surface area contributed by atoms with Gasteiger partial charge in [-0.05, 0) is 43.7 Å². The first-order chi connectivity index (χ1) is 13.3. The monoisotopic (exact) mass is 411 g/mol. The van der Waals surface area contributed by atoms with Gasteiger partial charge in [0.05, 0.1) is 23.6 Å². The lowest BCUT2D eigenvalue weighted by Crippen LogP contribution is -2.19. The highest BCUT2D eigenvalue weighted by molar-refractivity contribution is 6.30. The molecule has 0 aliphatic rings. The standard InChI is InChI=1S/C19H17ClF3N3O2/c1-3-13-16(26-9-5-6-15(28-4-2)17(26)24-13)18(27)25-14-8-7-11(20)10-12(14)19(21,22)23/h5-10H,3-4H2,1-2H3,(H,25,27). The summed E-state index contributed by atoms with van der Waals surface area (Å²) < 4.78 is 47.0. The fourth-order valence-corrected chi connectivity index (χ4v) is 3.06. The van der Waals surface area contributed by atoms with E-state index in [2.05, 4.69) is 10.3 Å². The maximum Gasteiger partial charge on any atom is 0.418 e. The number of amides is 1. The summed E-state index contributed by atoms with van der Waals surface area (Å²) in [5.74, 6) is -0.216. The summed E-state index contributed by atoms with van der Waals surface area (Å²) in [7, 11) is 0. The first-order valence-electron chi connectivity index (χ1n) is 8.57. The summed E-state index contributed by atoms with van der Waals surface area (Å²) in [4.78, 5) is 17.3. The summed E-state index contributed by atoms with van der Waals surface area (Å²) in [5.41, 5.74) is -0.358. The van der Waals surface area contributed by atoms with Crippen LogP contribution in [-0.4, -0.2) is 21.9 Å². The number of pyridine rings is 1. The van der Waals surface area contributed by atoms with E-state index in [1.54, 1.807) is 18.3 Å². The number of rotatable bonds is 5. The molecule has 0 bridgehead atoms. The van der Waals surface area contributed by atoms with Gasteiger partial charge < -0.3 is 10.1 Å². The Labute approximate surface area is 164 Å². The van der Waals surface area contributed by atoms with Crippen LogP contribution in [-0.2, 0) is 12.6 Å². The van der Waals surface area contributed by atoms with Crippen molar-refractivity contribution in [3.05, 3.63) is 58.5 Å². The third kappa shape index (κ3) is 3.77. The molecular formula is C19H17ClF3N3O2. The van der Waals surface area contributed by atoms with E-state index in [9.17, 15) is 18.0 Å². The highest BCUT2D eigenvalue weighted by Crippen LogP contribution is 2.37. The van der Waals surface area contributed by atoms with Crippen molar-refractivity contribution >= 4 is 28.8 Å². The molecule has 0 atom stereocenters. The molecule has 2 aromatic heterocycles. The number of imidazole rings is 1. The van der Waals surface area contributed by atoms with Crippen LogP contribution in [0.4, 0.5) is 18.9 Å². The van der Waals surface area contributed by atoms with Gasteiger partial charge in [-0.3, -0.25) is 9.20 Å². The largest absolute Gasteiger partial charge is 0.490 e. The molecule has 148 valence electrons. The summed E-state index contributed by atoms with van der Waals surface area (Å²) in [5, 5.41) is 2.27. The van der Waals surface area contributed by atoms with Gasteiger partial charge in [-0.1, -0.05) is 18.5 Å². The Bertz CT molecular complexity index is 1030. The van der Waals surface area contributed by atoms with E-state index in [4.69, 9.17) is 16.3 Å². The SMILES string of the molecule is CCOc1cccn2c(C(=O)Nc3ccc(Cl)cc3C(F)(F)F)c(CC)nc12. The topological polar surface area (TPSA) is 55.6 Å². The van der Waals surface area contributed by atoms with Crippen LogP contribution < -0.4 is 10.1 Å². The van der Waals surface area contributed by atoms with Gasteiger partial charge in [-0.25, -0.2) is 4.98 Å². The molecule has 9 heteroatoms. The first kappa shape index (κ1) is 20.0. The molecule has 0 saturated heterocycles. The van der Waals surface area contributed by atoms with Gasteiger partial charge in [0.1, 0.15) is 5.69 Å². The lowest BCUT2D eigenvalue weighted by Gasteiger charge is -2.14. The molecule has 2 heterocycles. The second kappa shape index (κ2) is 7.71. The van der Waals surface area contributed by atoms with Crippen LogP contribution in [0.25, 0.3) is 5.65 Å². The van der Waals surface area contributed by atoms with Gasteiger partial charge in [0.2, 0.25) is 0 Å². The van der Waals surface area contributed by atoms with Crippen molar-refractivity contribution < 1.29 is 22.7 Å². The zero-order valence-electron chi connectivity index (χ0n) is 15.1. The molecule has 3 rings (SSSR count). The van der Waals surface area contributed by atoms with Crippen molar-refractivity contribution in [2.45, 2.75) is 26.4 Å². The number of fused-ring (bicyclic) bond motifs is 1. The van der Waals surface area contributed by atoms with E-state index in [0.717, 1.165) is 12.1 Å². The summed E-state index contributed by atoms with van der Waals surface area (Å²) in [6.07, 6.45) is -2.63. The minimum absolute atomic E-state index is 0.0734. The lowest BCUT2D eigenvalue weighted by atomic mass is 10.1. The van der Waals surface area contributed by atoms with Crippen molar-refractivity contribution in [2.75, 3.05) is 11.9 Å². The van der Waals surface area contributed by atoms with Gasteiger partial charge in [-0.15, -0.1) is 0 Å². The van der Waals surface area contributed by atoms with Gasteiger partial charge >= 0.3 is 6.18 Å². The van der Waals surface area contributed by atoms with Crippen LogP contribution in [0.1, 0.15) is 35.6 Å². The van der Waals surface area contributed by atoms with Crippen molar-refractivity contribution in [1.82, 2.24) is 9.38 Å². The molecule has 0 spiro atoms. The number of nitrogens with one attached hydrogen (secondary N) is 1. The van der Waals surface area contributed by atoms with Crippen LogP contribution in [0, 0.1) is 0 Å². The van der Waals surface area contributed by atoms with E-state index < -0.39 is 17.6 Å². The smallest absolute Gasteiger partial charge is 0.418 e. The van der Waals surface area contributed by atoms with E-state index in [1.807, 2.05) is 13.8 Å². The number of nitrogens with zero attached hydrogens (tertiary/aromatic N) is 2. The maximum atomic E-state index is 13.3. The summed E-state index contributed by atoms with van der Waals surface area (Å²) >= 11 is 5.69. The second-order valence-corrected chi connectivity index (χ2v) is 6.34. The van der Waals surface area contributed by atoms with E-state index in [-0.39, 0.29) is 16.4 Å². The Morgan fingerprint density at radius 1 is 1.29 bits per heavy atom. The van der Waals surface area contributed by atoms with E-state index in [1.165, 1.54) is 10.5 Å². The molecule has 0 aliphatic carbocycles. The molecule has 3 aromatic rings. The Morgan fingerprint density at radius 3 is 2.68 bits per heavy atom. The number of alkyl halides is 3. The number of aromatic nitrogens is 2. The van der Waals surface area contributed by atoms with Crippen molar-refractivity contribution in [3.63, 3.8) is 0 Å². The molecule has 1 amide bonds. The van der Waals surface area contributed by atoms with Gasteiger partial charge in [0.25, 0.3) is 5.91 Å². The fraction of sp³-hybridized carbons (Fsp3) is 0.263. The molecule has 0 aliphatic heterocycles. The van der Waals surface area contributed by atoms with Crippen molar-refractivity contribution in [1.29, 1.82) is 0 Å². The number of benzene rings is 1. The molecule has 0 saturated carbocycles. The van der Waals surface area contributed by atoms with Crippen molar-refractivity contribution in [2.24, 2.45) is 0 Å². The van der Waals surface area contributed by atoms with E-state index in [0.29, 0.717) is 30.1 Å². The lowest BCUT2D eigenvalue weighted by molar-refractivity contribution is -0.136. The quantitative estimate of drug-likeness (QED) is 0.626. The van der Waals surface area contributed by atoms with Gasteiger partial charge in [0.15, 0.2) is 11.4 Å². The minimum Gasteiger partial charge on any atom is -0.490 e. The predicted octanol–water partition coefficient (Wildman–Crippen LogP) is 5.22. The third-order valence-corrected chi connectivity index (χ3v) is 4.31. The summed E-state index contributed by atoms with van der Waals surface area (Å²) in [6, 6.07) is 6.59. The van der Waals surface area contributed by atoms with Gasteiger partial charge in [-0.2, -0.15) is 13.2 Å². The number of hydrogen-bond acceptors (Lipinski definition) is 3. The molecule has 1 aromatic carbocycles. The van der Waals surface area contributed by atoms with E-state index >= 15 is 0 Å². The highest BCUT2D eigenvalue weighted by Gasteiger charge is 2.34. The average Bonchev–Trinajstić information content (AvgIpc) is 3.02. The number of carbonyl (C=O) groups is 1. The maximum absolute atomic E-state index is 13.3. The minimum atomic E-state index is -4.66. The Balaban J connectivity index is 2.07. The number of halogens is 4. The third-order valence-electron chi connectivity index (χ3n) is 4.07. The number of carbonyl (C=O) groups excluding carboxylic acids is 1. The zero-order valence-corrected chi connectivity index (χ0v) is 15.9. The average molecular weight is 412 g/mol. The predicted molar refractivity (Wildman–Crippen MR) is 100 cm³/mol. The molecule has 1 N–H and O–H groups in total. The van der Waals surface area contributed by atoms with Crippen LogP contribution >= 0.6 is 11.6 Å². The summed E-state index contributed by atoms with van der Waals surface area (Å²) in [6.45, 7) is 4.04. The normalized spacial score (nSPS) is 11.6. The number of aryl methyl sites for hydroxylation is 1. The van der Waals surface area contributed by atoms with Crippen LogP contribution in [0.15, 0.2) is 36.5 Å². The molecule has 5 nitrogen and oxygen atoms in total. The van der Waals surface area contributed by atoms with Crippen molar-refractivity contribution in [3.8, 4) is 5.75 Å². The Kier molecular flexibility index (Phi) is 5.51. The number of hydrogen-bond donors (Lipinski definition) is 1. The Hall–Kier alpha value is -2.74.